The molecule has 0 radical (unpaired) electrons. The lowest BCUT2D eigenvalue weighted by Gasteiger charge is -2.31. The predicted octanol–water partition coefficient (Wildman–Crippen LogP) is 4.03. The second-order valence-electron chi connectivity index (χ2n) is 9.52. The summed E-state index contributed by atoms with van der Waals surface area (Å²) in [5.74, 6) is -2.45. The van der Waals surface area contributed by atoms with Crippen molar-refractivity contribution in [2.75, 3.05) is 20.8 Å². The highest BCUT2D eigenvalue weighted by atomic mass is 31.2. The van der Waals surface area contributed by atoms with Gasteiger partial charge in [0.15, 0.2) is 12.1 Å². The Labute approximate surface area is 252 Å². The summed E-state index contributed by atoms with van der Waals surface area (Å²) in [4.78, 5) is 40.2. The number of ether oxygens (including phenoxy) is 3. The number of methoxy groups -OCH3 is 2. The SMILES string of the molecule is CCOC(=O)/C(=C\C1C=CC=C1)NC(C(=O)OC)C(N=P(c1ccccc1)(c1ccccc1)c1ccccc1)C(=O)OC. The highest BCUT2D eigenvalue weighted by molar-refractivity contribution is 7.87. The van der Waals surface area contributed by atoms with Crippen LogP contribution in [0.1, 0.15) is 6.92 Å². The minimum absolute atomic E-state index is 0.00520. The van der Waals surface area contributed by atoms with E-state index in [0.29, 0.717) is 0 Å². The molecule has 0 amide bonds. The summed E-state index contributed by atoms with van der Waals surface area (Å²) in [5, 5.41) is 5.58. The fourth-order valence-electron chi connectivity index (χ4n) is 4.83. The number of carbonyl (C=O) groups is 3. The van der Waals surface area contributed by atoms with E-state index >= 15 is 0 Å². The Balaban J connectivity index is 2.01. The van der Waals surface area contributed by atoms with E-state index < -0.39 is 37.0 Å². The normalized spacial score (nSPS) is 14.4. The Morgan fingerprint density at radius 2 is 1.26 bits per heavy atom. The molecule has 8 nitrogen and oxygen atoms in total. The van der Waals surface area contributed by atoms with E-state index in [0.717, 1.165) is 15.9 Å². The molecular weight excluding hydrogens is 563 g/mol. The molecule has 1 aliphatic carbocycles. The molecule has 9 heteroatoms. The van der Waals surface area contributed by atoms with Gasteiger partial charge >= 0.3 is 17.9 Å². The van der Waals surface area contributed by atoms with Gasteiger partial charge < -0.3 is 19.5 Å². The summed E-state index contributed by atoms with van der Waals surface area (Å²) in [7, 11) is -0.514. The van der Waals surface area contributed by atoms with E-state index in [-0.39, 0.29) is 18.2 Å². The molecule has 4 rings (SSSR count). The van der Waals surface area contributed by atoms with E-state index in [9.17, 15) is 14.4 Å². The van der Waals surface area contributed by atoms with Crippen molar-refractivity contribution in [2.24, 2.45) is 10.7 Å². The van der Waals surface area contributed by atoms with Crippen molar-refractivity contribution in [3.8, 4) is 0 Å². The van der Waals surface area contributed by atoms with E-state index in [1.54, 1.807) is 13.0 Å². The first kappa shape index (κ1) is 31.3. The average molecular weight is 599 g/mol. The third-order valence-electron chi connectivity index (χ3n) is 6.84. The van der Waals surface area contributed by atoms with Crippen LogP contribution in [0.2, 0.25) is 0 Å². The molecule has 0 saturated carbocycles. The summed E-state index contributed by atoms with van der Waals surface area (Å²) >= 11 is 0. The second kappa shape index (κ2) is 15.0. The third kappa shape index (κ3) is 7.22. The molecule has 0 aliphatic heterocycles. The maximum atomic E-state index is 13.7. The first-order chi connectivity index (χ1) is 20.9. The Bertz CT molecular complexity index is 1440. The molecule has 0 saturated heterocycles. The van der Waals surface area contributed by atoms with Crippen molar-refractivity contribution in [3.05, 3.63) is 127 Å². The maximum Gasteiger partial charge on any atom is 0.354 e. The van der Waals surface area contributed by atoms with Crippen molar-refractivity contribution in [1.82, 2.24) is 5.32 Å². The molecule has 3 aromatic carbocycles. The fourth-order valence-corrected chi connectivity index (χ4v) is 8.54. The minimum atomic E-state index is -2.97. The molecule has 0 spiro atoms. The number of allylic oxidation sites excluding steroid dienone is 5. The van der Waals surface area contributed by atoms with Crippen molar-refractivity contribution in [1.29, 1.82) is 0 Å². The van der Waals surface area contributed by atoms with Gasteiger partial charge in [0.2, 0.25) is 0 Å². The molecule has 0 bridgehead atoms. The van der Waals surface area contributed by atoms with Gasteiger partial charge in [-0.05, 0) is 13.0 Å². The Morgan fingerprint density at radius 3 is 1.67 bits per heavy atom. The summed E-state index contributed by atoms with van der Waals surface area (Å²) in [6, 6.07) is 26.2. The van der Waals surface area contributed by atoms with Crippen molar-refractivity contribution >= 4 is 40.9 Å². The molecule has 222 valence electrons. The standard InChI is InChI=1S/C34H35N2O6P/c1-4-42-32(37)29(24-25-16-14-15-17-25)35-30(33(38)40-2)31(34(39)41-3)36-43(26-18-8-5-9-19-26,27-20-10-6-11-21-27)28-22-12-7-13-23-28/h5-25,30-31,35H,4H2,1-3H3/b29-24+. The minimum Gasteiger partial charge on any atom is -0.467 e. The van der Waals surface area contributed by atoms with Crippen LogP contribution in [0, 0.1) is 5.92 Å². The molecule has 1 N–H and O–H groups in total. The van der Waals surface area contributed by atoms with Crippen LogP contribution in [0.5, 0.6) is 0 Å². The van der Waals surface area contributed by atoms with Gasteiger partial charge in [-0.15, -0.1) is 0 Å². The number of carbonyl (C=O) groups excluding carboxylic acids is 3. The van der Waals surface area contributed by atoms with Gasteiger partial charge in [0, 0.05) is 21.8 Å². The van der Waals surface area contributed by atoms with Crippen molar-refractivity contribution in [2.45, 2.75) is 19.0 Å². The lowest BCUT2D eigenvalue weighted by Crippen LogP contribution is -2.51. The number of rotatable bonds is 12. The van der Waals surface area contributed by atoms with Gasteiger partial charge in [-0.1, -0.05) is 115 Å². The quantitative estimate of drug-likeness (QED) is 0.145. The average Bonchev–Trinajstić information content (AvgIpc) is 3.58. The van der Waals surface area contributed by atoms with Crippen molar-refractivity contribution in [3.63, 3.8) is 0 Å². The summed E-state index contributed by atoms with van der Waals surface area (Å²) in [6.45, 7) is 1.81. The first-order valence-electron chi connectivity index (χ1n) is 13.9. The Morgan fingerprint density at radius 1 is 0.791 bits per heavy atom. The topological polar surface area (TPSA) is 103 Å². The molecule has 0 heterocycles. The van der Waals surface area contributed by atoms with Crippen molar-refractivity contribution < 1.29 is 28.6 Å². The van der Waals surface area contributed by atoms with Crippen LogP contribution in [0.4, 0.5) is 0 Å². The zero-order chi connectivity index (χ0) is 30.7. The molecular formula is C34H35N2O6P. The molecule has 0 fully saturated rings. The van der Waals surface area contributed by atoms with E-state index in [4.69, 9.17) is 19.0 Å². The highest BCUT2D eigenvalue weighted by Crippen LogP contribution is 2.47. The maximum absolute atomic E-state index is 13.7. The van der Waals surface area contributed by atoms with Gasteiger partial charge in [0.05, 0.1) is 27.9 Å². The highest BCUT2D eigenvalue weighted by Gasteiger charge is 2.40. The second-order valence-corrected chi connectivity index (χ2v) is 12.6. The van der Waals surface area contributed by atoms with E-state index in [2.05, 4.69) is 5.32 Å². The number of benzene rings is 3. The largest absolute Gasteiger partial charge is 0.467 e. The third-order valence-corrected chi connectivity index (χ3v) is 10.6. The molecule has 2 unspecified atom stereocenters. The smallest absolute Gasteiger partial charge is 0.354 e. The zero-order valence-electron chi connectivity index (χ0n) is 24.3. The lowest BCUT2D eigenvalue weighted by atomic mass is 10.1. The number of esters is 3. The van der Waals surface area contributed by atoms with E-state index in [1.807, 2.05) is 115 Å². The number of nitrogens with one attached hydrogen (secondary N) is 1. The molecule has 43 heavy (non-hydrogen) atoms. The van der Waals surface area contributed by atoms with Gasteiger partial charge in [0.25, 0.3) is 0 Å². The number of hydrogen-bond donors (Lipinski definition) is 1. The molecule has 0 aromatic heterocycles. The van der Waals surface area contributed by atoms with Gasteiger partial charge in [-0.2, -0.15) is 0 Å². The van der Waals surface area contributed by atoms with Gasteiger partial charge in [0.1, 0.15) is 5.70 Å². The van der Waals surface area contributed by atoms with Crippen LogP contribution in [0.3, 0.4) is 0 Å². The van der Waals surface area contributed by atoms with Crippen LogP contribution < -0.4 is 21.2 Å². The monoisotopic (exact) mass is 598 g/mol. The summed E-state index contributed by atoms with van der Waals surface area (Å²) < 4.78 is 21.0. The Kier molecular flexibility index (Phi) is 10.9. The lowest BCUT2D eigenvalue weighted by molar-refractivity contribution is -0.151. The fraction of sp³-hybridized carbons (Fsp3) is 0.206. The van der Waals surface area contributed by atoms with Crippen LogP contribution in [-0.2, 0) is 28.6 Å². The van der Waals surface area contributed by atoms with Gasteiger partial charge in [-0.25, -0.2) is 14.4 Å². The van der Waals surface area contributed by atoms with Crippen LogP contribution in [0.15, 0.2) is 132 Å². The predicted molar refractivity (Wildman–Crippen MR) is 169 cm³/mol. The Hall–Kier alpha value is -4.68. The zero-order valence-corrected chi connectivity index (χ0v) is 25.2. The first-order valence-corrected chi connectivity index (χ1v) is 15.6. The van der Waals surface area contributed by atoms with Crippen LogP contribution in [-0.4, -0.2) is 50.8 Å². The molecule has 1 aliphatic rings. The number of hydrogen-bond acceptors (Lipinski definition) is 8. The van der Waals surface area contributed by atoms with E-state index in [1.165, 1.54) is 14.2 Å². The summed E-state index contributed by atoms with van der Waals surface area (Å²) in [6.07, 6.45) is 9.11. The number of nitrogens with zero attached hydrogens (tertiary/aromatic N) is 1. The van der Waals surface area contributed by atoms with Crippen LogP contribution >= 0.6 is 7.05 Å². The molecule has 2 atom stereocenters. The molecule has 3 aromatic rings. The van der Waals surface area contributed by atoms with Crippen LogP contribution in [0.25, 0.3) is 0 Å². The van der Waals surface area contributed by atoms with Gasteiger partial charge in [-0.3, -0.25) is 4.74 Å². The summed E-state index contributed by atoms with van der Waals surface area (Å²) in [5.41, 5.74) is 0.00520.